The summed E-state index contributed by atoms with van der Waals surface area (Å²) in [7, 11) is 0. The number of pyridine rings is 1. The second kappa shape index (κ2) is 4.47. The van der Waals surface area contributed by atoms with Crippen LogP contribution in [0.3, 0.4) is 0 Å². The van der Waals surface area contributed by atoms with Crippen molar-refractivity contribution in [3.8, 4) is 0 Å². The zero-order valence-corrected chi connectivity index (χ0v) is 11.4. The first kappa shape index (κ1) is 12.9. The van der Waals surface area contributed by atoms with Crippen molar-refractivity contribution in [2.45, 2.75) is 0 Å². The van der Waals surface area contributed by atoms with Gasteiger partial charge in [0.25, 0.3) is 5.69 Å². The van der Waals surface area contributed by atoms with Gasteiger partial charge in [0.2, 0.25) is 11.0 Å². The molecular formula is C13H6Cl2N2O3. The first-order valence-corrected chi connectivity index (χ1v) is 6.33. The Kier molecular flexibility index (Phi) is 2.88. The van der Waals surface area contributed by atoms with Crippen LogP contribution in [0.25, 0.3) is 21.8 Å². The first-order chi connectivity index (χ1) is 9.49. The number of non-ortho nitro benzene ring substituents is 1. The molecule has 0 atom stereocenters. The van der Waals surface area contributed by atoms with Crippen molar-refractivity contribution >= 4 is 50.7 Å². The lowest BCUT2D eigenvalue weighted by Crippen LogP contribution is -2.28. The number of aromatic nitrogens is 1. The maximum absolute atomic E-state index is 12.3. The van der Waals surface area contributed by atoms with E-state index < -0.39 is 4.92 Å². The number of fused-ring (bicyclic) bond motifs is 2. The van der Waals surface area contributed by atoms with Crippen LogP contribution in [0.15, 0.2) is 36.4 Å². The summed E-state index contributed by atoms with van der Waals surface area (Å²) < 4.78 is 0.607. The molecule has 0 aliphatic heterocycles. The maximum atomic E-state index is 12.3. The number of nitro benzene ring substituents is 1. The van der Waals surface area contributed by atoms with Crippen LogP contribution in [0, 0.1) is 15.3 Å². The van der Waals surface area contributed by atoms with E-state index in [2.05, 4.69) is 0 Å². The summed E-state index contributed by atoms with van der Waals surface area (Å²) in [6.45, 7) is 0. The van der Waals surface area contributed by atoms with Crippen molar-refractivity contribution in [1.29, 1.82) is 0 Å². The van der Waals surface area contributed by atoms with Crippen LogP contribution >= 0.6 is 23.2 Å². The minimum absolute atomic E-state index is 0.138. The summed E-state index contributed by atoms with van der Waals surface area (Å²) in [5.41, 5.74) is 0.244. The highest BCUT2D eigenvalue weighted by Crippen LogP contribution is 2.32. The largest absolute Gasteiger partial charge is 0.618 e. The molecule has 0 aliphatic carbocycles. The molecule has 0 aliphatic rings. The van der Waals surface area contributed by atoms with E-state index in [0.29, 0.717) is 25.5 Å². The van der Waals surface area contributed by atoms with Gasteiger partial charge in [-0.1, -0.05) is 23.2 Å². The maximum Gasteiger partial charge on any atom is 0.276 e. The van der Waals surface area contributed by atoms with Gasteiger partial charge in [-0.25, -0.2) is 0 Å². The molecule has 0 fully saturated rings. The Morgan fingerprint density at radius 3 is 2.25 bits per heavy atom. The molecule has 0 saturated carbocycles. The van der Waals surface area contributed by atoms with E-state index in [4.69, 9.17) is 23.2 Å². The van der Waals surface area contributed by atoms with Crippen molar-refractivity contribution < 1.29 is 9.65 Å². The first-order valence-electron chi connectivity index (χ1n) is 5.57. The number of nitro groups is 1. The zero-order valence-electron chi connectivity index (χ0n) is 9.84. The average Bonchev–Trinajstić information content (AvgIpc) is 2.44. The van der Waals surface area contributed by atoms with E-state index in [0.717, 1.165) is 0 Å². The van der Waals surface area contributed by atoms with Gasteiger partial charge in [0.15, 0.2) is 0 Å². The number of halogens is 2. The van der Waals surface area contributed by atoms with Gasteiger partial charge in [0.05, 0.1) is 26.8 Å². The van der Waals surface area contributed by atoms with Gasteiger partial charge in [-0.3, -0.25) is 10.1 Å². The summed E-state index contributed by atoms with van der Waals surface area (Å²) in [4.78, 5) is 10.2. The lowest BCUT2D eigenvalue weighted by Gasteiger charge is -2.08. The fourth-order valence-electron chi connectivity index (χ4n) is 2.12. The van der Waals surface area contributed by atoms with E-state index in [1.165, 1.54) is 24.3 Å². The van der Waals surface area contributed by atoms with Crippen LogP contribution in [0.2, 0.25) is 10.0 Å². The fourth-order valence-corrected chi connectivity index (χ4v) is 2.61. The van der Waals surface area contributed by atoms with Crippen molar-refractivity contribution in [2.75, 3.05) is 0 Å². The molecule has 0 amide bonds. The summed E-state index contributed by atoms with van der Waals surface area (Å²) in [6, 6.07) is 8.75. The van der Waals surface area contributed by atoms with Crippen molar-refractivity contribution in [2.24, 2.45) is 0 Å². The molecule has 0 bridgehead atoms. The molecule has 100 valence electrons. The second-order valence-electron chi connectivity index (χ2n) is 4.23. The van der Waals surface area contributed by atoms with Gasteiger partial charge >= 0.3 is 0 Å². The normalized spacial score (nSPS) is 11.1. The number of hydrogen-bond donors (Lipinski definition) is 0. The third-order valence-electron chi connectivity index (χ3n) is 3.06. The third kappa shape index (κ3) is 1.83. The standard InChI is InChI=1S/C13H6Cl2N2O3/c14-7-1-3-9-11(5-7)16(18)12-6-8(17(19)20)2-4-10(12)13(9)15/h1-6H. The van der Waals surface area contributed by atoms with E-state index in [1.807, 2.05) is 0 Å². The molecule has 1 heterocycles. The quantitative estimate of drug-likeness (QED) is 0.225. The predicted molar refractivity (Wildman–Crippen MR) is 77.1 cm³/mol. The van der Waals surface area contributed by atoms with E-state index in [9.17, 15) is 15.3 Å². The van der Waals surface area contributed by atoms with Crippen molar-refractivity contribution in [3.05, 3.63) is 61.8 Å². The second-order valence-corrected chi connectivity index (χ2v) is 5.04. The Balaban J connectivity index is 2.52. The number of nitrogens with zero attached hydrogens (tertiary/aromatic N) is 2. The predicted octanol–water partition coefficient (Wildman–Crippen LogP) is 3.84. The molecule has 0 N–H and O–H groups in total. The van der Waals surface area contributed by atoms with Gasteiger partial charge in [0, 0.05) is 17.2 Å². The fraction of sp³-hybridized carbons (Fsp3) is 0. The molecule has 0 unspecified atom stereocenters. The Bertz CT molecular complexity index is 880. The number of benzene rings is 2. The van der Waals surface area contributed by atoms with Crippen LogP contribution in [-0.4, -0.2) is 4.92 Å². The molecule has 0 spiro atoms. The van der Waals surface area contributed by atoms with Crippen LogP contribution in [0.1, 0.15) is 0 Å². The summed E-state index contributed by atoms with van der Waals surface area (Å²) in [5, 5.41) is 24.9. The van der Waals surface area contributed by atoms with Gasteiger partial charge in [-0.05, 0) is 18.2 Å². The minimum Gasteiger partial charge on any atom is -0.618 e. The minimum atomic E-state index is -0.560. The Morgan fingerprint density at radius 2 is 1.60 bits per heavy atom. The Labute approximate surface area is 122 Å². The smallest absolute Gasteiger partial charge is 0.276 e. The van der Waals surface area contributed by atoms with Crippen LogP contribution in [0.4, 0.5) is 5.69 Å². The topological polar surface area (TPSA) is 70.1 Å². The van der Waals surface area contributed by atoms with Crippen molar-refractivity contribution in [1.82, 2.24) is 0 Å². The molecule has 20 heavy (non-hydrogen) atoms. The molecule has 7 heteroatoms. The van der Waals surface area contributed by atoms with E-state index in [-0.39, 0.29) is 16.7 Å². The molecule has 2 aromatic carbocycles. The lowest BCUT2D eigenvalue weighted by atomic mass is 10.1. The summed E-state index contributed by atoms with van der Waals surface area (Å²) >= 11 is 12.1. The van der Waals surface area contributed by atoms with Gasteiger partial charge in [0.1, 0.15) is 0 Å². The van der Waals surface area contributed by atoms with Crippen LogP contribution in [0.5, 0.6) is 0 Å². The van der Waals surface area contributed by atoms with Gasteiger partial charge in [-0.2, -0.15) is 4.73 Å². The third-order valence-corrected chi connectivity index (χ3v) is 3.70. The van der Waals surface area contributed by atoms with E-state index >= 15 is 0 Å². The summed E-state index contributed by atoms with van der Waals surface area (Å²) in [6.07, 6.45) is 0. The Hall–Kier alpha value is -2.11. The molecule has 3 rings (SSSR count). The highest BCUT2D eigenvalue weighted by atomic mass is 35.5. The molecule has 1 aromatic heterocycles. The molecule has 5 nitrogen and oxygen atoms in total. The molecule has 0 radical (unpaired) electrons. The van der Waals surface area contributed by atoms with Gasteiger partial charge < -0.3 is 5.21 Å². The molecular weight excluding hydrogens is 303 g/mol. The van der Waals surface area contributed by atoms with Crippen LogP contribution < -0.4 is 4.73 Å². The van der Waals surface area contributed by atoms with Crippen LogP contribution in [-0.2, 0) is 0 Å². The highest BCUT2D eigenvalue weighted by molar-refractivity contribution is 6.40. The molecule has 0 saturated heterocycles. The monoisotopic (exact) mass is 308 g/mol. The number of hydrogen-bond acceptors (Lipinski definition) is 3. The van der Waals surface area contributed by atoms with Crippen molar-refractivity contribution in [3.63, 3.8) is 0 Å². The molecule has 3 aromatic rings. The number of rotatable bonds is 1. The van der Waals surface area contributed by atoms with Gasteiger partial charge in [-0.15, -0.1) is 0 Å². The highest BCUT2D eigenvalue weighted by Gasteiger charge is 2.19. The zero-order chi connectivity index (χ0) is 14.4. The lowest BCUT2D eigenvalue weighted by molar-refractivity contribution is -0.548. The SMILES string of the molecule is O=[N+]([O-])c1ccc2c(Cl)c3ccc(Cl)cc3[n+]([O-])c2c1. The summed E-state index contributed by atoms with van der Waals surface area (Å²) in [5.74, 6) is 0. The van der Waals surface area contributed by atoms with E-state index in [1.54, 1.807) is 12.1 Å². The Morgan fingerprint density at radius 1 is 1.00 bits per heavy atom. The average molecular weight is 309 g/mol.